The van der Waals surface area contributed by atoms with E-state index in [9.17, 15) is 0 Å². The number of likely N-dealkylation sites (tertiary alicyclic amines) is 1. The Morgan fingerprint density at radius 1 is 1.33 bits per heavy atom. The molecule has 1 heterocycles. The van der Waals surface area contributed by atoms with Crippen LogP contribution in [0.4, 0.5) is 0 Å². The number of methoxy groups -OCH3 is 1. The van der Waals surface area contributed by atoms with Crippen LogP contribution in [0.25, 0.3) is 0 Å². The van der Waals surface area contributed by atoms with E-state index < -0.39 is 0 Å². The third-order valence-electron chi connectivity index (χ3n) is 4.81. The molecule has 0 aromatic rings. The highest BCUT2D eigenvalue weighted by atomic mass is 16.5. The van der Waals surface area contributed by atoms with Gasteiger partial charge in [-0.25, -0.2) is 0 Å². The predicted octanol–water partition coefficient (Wildman–Crippen LogP) is 3.48. The highest BCUT2D eigenvalue weighted by Gasteiger charge is 2.44. The fourth-order valence-electron chi connectivity index (χ4n) is 3.86. The first-order valence-corrected chi connectivity index (χ1v) is 7.49. The summed E-state index contributed by atoms with van der Waals surface area (Å²) in [6.07, 6.45) is 8.43. The molecule has 0 aromatic carbocycles. The van der Waals surface area contributed by atoms with Crippen LogP contribution in [-0.4, -0.2) is 38.3 Å². The Morgan fingerprint density at radius 2 is 2.00 bits per heavy atom. The maximum Gasteiger partial charge on any atom is 0.0462 e. The minimum atomic E-state index is 0.726. The number of ether oxygens (including phenoxy) is 1. The summed E-state index contributed by atoms with van der Waals surface area (Å²) in [6, 6.07) is 0. The molecule has 0 atom stereocenters. The zero-order chi connectivity index (χ0) is 13.0. The Hall–Kier alpha value is -0.340. The molecule has 2 nitrogen and oxygen atoms in total. The maximum absolute atomic E-state index is 5.13. The van der Waals surface area contributed by atoms with Crippen molar-refractivity contribution in [2.45, 2.75) is 45.4 Å². The fourth-order valence-corrected chi connectivity index (χ4v) is 3.86. The Labute approximate surface area is 112 Å². The van der Waals surface area contributed by atoms with Gasteiger partial charge in [0.15, 0.2) is 0 Å². The number of nitrogens with zero attached hydrogens (tertiary/aromatic N) is 1. The van der Waals surface area contributed by atoms with E-state index in [1.54, 1.807) is 7.11 Å². The molecule has 0 aromatic heterocycles. The quantitative estimate of drug-likeness (QED) is 0.529. The smallest absolute Gasteiger partial charge is 0.0462 e. The van der Waals surface area contributed by atoms with Gasteiger partial charge in [-0.15, -0.1) is 0 Å². The fraction of sp³-hybridized carbons (Fsp3) is 0.875. The van der Waals surface area contributed by atoms with Gasteiger partial charge in [-0.3, -0.25) is 4.90 Å². The molecule has 1 saturated carbocycles. The summed E-state index contributed by atoms with van der Waals surface area (Å²) in [6.45, 7) is 10.8. The molecular formula is C16H29NO. The van der Waals surface area contributed by atoms with E-state index >= 15 is 0 Å². The monoisotopic (exact) mass is 251 g/mol. The number of hydrogen-bond acceptors (Lipinski definition) is 2. The van der Waals surface area contributed by atoms with Gasteiger partial charge in [0.05, 0.1) is 0 Å². The minimum absolute atomic E-state index is 0.726. The van der Waals surface area contributed by atoms with Crippen LogP contribution in [0, 0.1) is 11.3 Å². The van der Waals surface area contributed by atoms with Gasteiger partial charge in [-0.1, -0.05) is 12.2 Å². The van der Waals surface area contributed by atoms with E-state index in [1.165, 1.54) is 57.2 Å². The van der Waals surface area contributed by atoms with Gasteiger partial charge in [-0.2, -0.15) is 0 Å². The minimum Gasteiger partial charge on any atom is -0.385 e. The van der Waals surface area contributed by atoms with E-state index in [0.29, 0.717) is 0 Å². The highest BCUT2D eigenvalue weighted by molar-refractivity contribution is 4.99. The maximum atomic E-state index is 5.13. The zero-order valence-corrected chi connectivity index (χ0v) is 12.2. The number of hydrogen-bond donors (Lipinski definition) is 0. The molecule has 1 aliphatic heterocycles. The predicted molar refractivity (Wildman–Crippen MR) is 76.8 cm³/mol. The largest absolute Gasteiger partial charge is 0.385 e. The van der Waals surface area contributed by atoms with E-state index in [4.69, 9.17) is 4.74 Å². The van der Waals surface area contributed by atoms with Crippen LogP contribution < -0.4 is 0 Å². The third kappa shape index (κ3) is 3.58. The lowest BCUT2D eigenvalue weighted by molar-refractivity contribution is -0.0165. The zero-order valence-electron chi connectivity index (χ0n) is 12.2. The Morgan fingerprint density at radius 3 is 2.56 bits per heavy atom. The molecule has 2 heteroatoms. The summed E-state index contributed by atoms with van der Waals surface area (Å²) in [5.74, 6) is 0.993. The summed E-state index contributed by atoms with van der Waals surface area (Å²) >= 11 is 0. The van der Waals surface area contributed by atoms with Gasteiger partial charge in [-0.05, 0) is 69.9 Å². The standard InChI is InChI=1S/C16H29NO/c1-14(2)13-17-8-6-16(7-9-17)11-15(12-16)5-4-10-18-3/h15H,1,4-13H2,2-3H3. The van der Waals surface area contributed by atoms with Crippen molar-refractivity contribution >= 4 is 0 Å². The van der Waals surface area contributed by atoms with E-state index in [-0.39, 0.29) is 0 Å². The summed E-state index contributed by atoms with van der Waals surface area (Å²) < 4.78 is 5.13. The molecule has 0 radical (unpaired) electrons. The first-order chi connectivity index (χ1) is 8.63. The van der Waals surface area contributed by atoms with Crippen LogP contribution in [0.1, 0.15) is 45.4 Å². The molecule has 1 aliphatic carbocycles. The summed E-state index contributed by atoms with van der Waals surface area (Å²) in [5.41, 5.74) is 2.03. The van der Waals surface area contributed by atoms with E-state index in [2.05, 4.69) is 18.4 Å². The van der Waals surface area contributed by atoms with Gasteiger partial charge in [0.25, 0.3) is 0 Å². The topological polar surface area (TPSA) is 12.5 Å². The van der Waals surface area contributed by atoms with Crippen molar-refractivity contribution < 1.29 is 4.74 Å². The molecular weight excluding hydrogens is 222 g/mol. The lowest BCUT2D eigenvalue weighted by Crippen LogP contribution is -2.47. The third-order valence-corrected chi connectivity index (χ3v) is 4.81. The Bertz CT molecular complexity index is 271. The lowest BCUT2D eigenvalue weighted by Gasteiger charge is -2.52. The second-order valence-corrected chi connectivity index (χ2v) is 6.64. The molecule has 0 N–H and O–H groups in total. The molecule has 18 heavy (non-hydrogen) atoms. The van der Waals surface area contributed by atoms with Crippen molar-refractivity contribution in [1.82, 2.24) is 4.90 Å². The summed E-state index contributed by atoms with van der Waals surface area (Å²) in [5, 5.41) is 0. The normalized spacial score (nSPS) is 24.1. The highest BCUT2D eigenvalue weighted by Crippen LogP contribution is 2.53. The van der Waals surface area contributed by atoms with Crippen LogP contribution in [0.5, 0.6) is 0 Å². The Balaban J connectivity index is 1.64. The average Bonchev–Trinajstić information content (AvgIpc) is 2.29. The van der Waals surface area contributed by atoms with Gasteiger partial charge < -0.3 is 4.74 Å². The van der Waals surface area contributed by atoms with Crippen LogP contribution in [-0.2, 0) is 4.74 Å². The number of piperidine rings is 1. The first kappa shape index (κ1) is 14.1. The molecule has 0 unspecified atom stereocenters. The molecule has 1 spiro atoms. The molecule has 2 rings (SSSR count). The van der Waals surface area contributed by atoms with E-state index in [1.807, 2.05) is 0 Å². The second kappa shape index (κ2) is 6.21. The van der Waals surface area contributed by atoms with Crippen molar-refractivity contribution in [3.63, 3.8) is 0 Å². The van der Waals surface area contributed by atoms with Crippen LogP contribution in [0.2, 0.25) is 0 Å². The van der Waals surface area contributed by atoms with Gasteiger partial charge >= 0.3 is 0 Å². The van der Waals surface area contributed by atoms with Crippen molar-refractivity contribution in [3.05, 3.63) is 12.2 Å². The van der Waals surface area contributed by atoms with Crippen LogP contribution in [0.3, 0.4) is 0 Å². The Kier molecular flexibility index (Phi) is 4.85. The molecule has 2 fully saturated rings. The second-order valence-electron chi connectivity index (χ2n) is 6.64. The lowest BCUT2D eigenvalue weighted by atomic mass is 9.56. The van der Waals surface area contributed by atoms with Gasteiger partial charge in [0, 0.05) is 20.3 Å². The van der Waals surface area contributed by atoms with Crippen molar-refractivity contribution in [3.8, 4) is 0 Å². The molecule has 2 aliphatic rings. The number of rotatable bonds is 6. The van der Waals surface area contributed by atoms with Gasteiger partial charge in [0.1, 0.15) is 0 Å². The molecule has 0 amide bonds. The molecule has 104 valence electrons. The van der Waals surface area contributed by atoms with Crippen molar-refractivity contribution in [2.24, 2.45) is 11.3 Å². The SMILES string of the molecule is C=C(C)CN1CCC2(CC1)CC(CCCOC)C2. The van der Waals surface area contributed by atoms with Crippen LogP contribution >= 0.6 is 0 Å². The average molecular weight is 251 g/mol. The molecule has 1 saturated heterocycles. The van der Waals surface area contributed by atoms with Crippen LogP contribution in [0.15, 0.2) is 12.2 Å². The van der Waals surface area contributed by atoms with Crippen molar-refractivity contribution in [1.29, 1.82) is 0 Å². The van der Waals surface area contributed by atoms with Gasteiger partial charge in [0.2, 0.25) is 0 Å². The summed E-state index contributed by atoms with van der Waals surface area (Å²) in [4.78, 5) is 2.58. The first-order valence-electron chi connectivity index (χ1n) is 7.49. The van der Waals surface area contributed by atoms with Crippen molar-refractivity contribution in [2.75, 3.05) is 33.4 Å². The van der Waals surface area contributed by atoms with E-state index in [0.717, 1.165) is 24.5 Å². The molecule has 0 bridgehead atoms. The summed E-state index contributed by atoms with van der Waals surface area (Å²) in [7, 11) is 1.81.